The summed E-state index contributed by atoms with van der Waals surface area (Å²) in [6.45, 7) is 6.37. The molecule has 0 bridgehead atoms. The molecule has 0 radical (unpaired) electrons. The molecule has 41 heavy (non-hydrogen) atoms. The number of hydrogen-bond acceptors (Lipinski definition) is 8. The second-order valence-corrected chi connectivity index (χ2v) is 10.5. The van der Waals surface area contributed by atoms with Gasteiger partial charge in [0.05, 0.1) is 11.1 Å². The number of hydrogen-bond donors (Lipinski definition) is 2. The van der Waals surface area contributed by atoms with Crippen LogP contribution < -0.4 is 15.8 Å². The molecule has 0 saturated carbocycles. The molecule has 5 rings (SSSR count). The lowest BCUT2D eigenvalue weighted by molar-refractivity contribution is -0.117. The van der Waals surface area contributed by atoms with Crippen LogP contribution >= 0.6 is 0 Å². The van der Waals surface area contributed by atoms with Crippen molar-refractivity contribution in [2.24, 2.45) is 5.73 Å². The first-order valence-electron chi connectivity index (χ1n) is 13.9. The van der Waals surface area contributed by atoms with Gasteiger partial charge in [-0.3, -0.25) is 14.5 Å². The number of primary amides is 1. The smallest absolute Gasteiger partial charge is 0.250 e. The number of likely N-dealkylation sites (N-methyl/N-ethyl adjacent to an activating group) is 1. The molecule has 1 aromatic heterocycles. The van der Waals surface area contributed by atoms with E-state index in [-0.39, 0.29) is 5.78 Å². The number of anilines is 1. The highest BCUT2D eigenvalue weighted by molar-refractivity contribution is 6.06. The molecule has 1 aliphatic rings. The number of benzene rings is 3. The number of Topliss-reactive ketones (excluding diaryl/α,β-unsaturated/α-hetero) is 1. The average molecular weight is 553 g/mol. The Hall–Kier alpha value is -4.34. The van der Waals surface area contributed by atoms with Crippen molar-refractivity contribution in [1.82, 2.24) is 19.8 Å². The van der Waals surface area contributed by atoms with Gasteiger partial charge in [-0.15, -0.1) is 0 Å². The number of ether oxygens (including phenoxy) is 1. The zero-order valence-electron chi connectivity index (χ0n) is 23.4. The first-order valence-corrected chi connectivity index (χ1v) is 13.9. The van der Waals surface area contributed by atoms with Gasteiger partial charge in [0.2, 0.25) is 0 Å². The van der Waals surface area contributed by atoms with E-state index in [2.05, 4.69) is 32.1 Å². The number of fused-ring (bicyclic) bond motifs is 1. The monoisotopic (exact) mass is 552 g/mol. The summed E-state index contributed by atoms with van der Waals surface area (Å²) in [7, 11) is 2.15. The Morgan fingerprint density at radius 3 is 2.39 bits per heavy atom. The van der Waals surface area contributed by atoms with Gasteiger partial charge in [0.15, 0.2) is 0 Å². The van der Waals surface area contributed by atoms with E-state index in [9.17, 15) is 9.59 Å². The fraction of sp³-hybridized carbons (Fsp3) is 0.312. The van der Waals surface area contributed by atoms with E-state index in [4.69, 9.17) is 10.5 Å². The van der Waals surface area contributed by atoms with Crippen molar-refractivity contribution in [2.75, 3.05) is 51.7 Å². The molecule has 0 spiro atoms. The minimum Gasteiger partial charge on any atom is -0.492 e. The average Bonchev–Trinajstić information content (AvgIpc) is 2.97. The van der Waals surface area contributed by atoms with E-state index < -0.39 is 5.91 Å². The van der Waals surface area contributed by atoms with Gasteiger partial charge in [0.1, 0.15) is 30.3 Å². The van der Waals surface area contributed by atoms with Gasteiger partial charge in [-0.25, -0.2) is 9.97 Å². The van der Waals surface area contributed by atoms with Crippen LogP contribution in [0.3, 0.4) is 0 Å². The van der Waals surface area contributed by atoms with Gasteiger partial charge in [0, 0.05) is 57.5 Å². The molecule has 212 valence electrons. The number of amides is 1. The Bertz CT molecular complexity index is 1520. The summed E-state index contributed by atoms with van der Waals surface area (Å²) in [5.74, 6) is 1.03. The molecule has 0 unspecified atom stereocenters. The quantitative estimate of drug-likeness (QED) is 0.275. The SMILES string of the molecule is CN1CCN(CCOc2cccc(CC(=O)Cc3cccc(CNc4ncnc5c(C(N)=O)cccc45)c3)c2)CC1. The molecule has 0 atom stereocenters. The van der Waals surface area contributed by atoms with Crippen molar-refractivity contribution in [3.05, 3.63) is 95.3 Å². The van der Waals surface area contributed by atoms with Gasteiger partial charge >= 0.3 is 0 Å². The molecule has 0 aliphatic carbocycles. The van der Waals surface area contributed by atoms with E-state index in [1.165, 1.54) is 6.33 Å². The Morgan fingerprint density at radius 2 is 1.61 bits per heavy atom. The van der Waals surface area contributed by atoms with E-state index in [0.29, 0.717) is 42.9 Å². The third kappa shape index (κ3) is 7.65. The lowest BCUT2D eigenvalue weighted by Gasteiger charge is -2.32. The standard InChI is InChI=1S/C32H36N6O3/c1-37-11-13-38(14-12-37)15-16-41-27-8-3-6-24(20-27)19-26(39)18-23-5-2-7-25(17-23)21-34-32-29-10-4-9-28(31(33)40)30(29)35-22-36-32/h2-10,17,20,22H,11-16,18-19,21H2,1H3,(H2,33,40)(H,34,35,36). The zero-order valence-corrected chi connectivity index (χ0v) is 23.4. The van der Waals surface area contributed by atoms with Crippen LogP contribution in [-0.2, 0) is 24.2 Å². The second-order valence-electron chi connectivity index (χ2n) is 10.5. The van der Waals surface area contributed by atoms with E-state index in [0.717, 1.165) is 60.5 Å². The number of carbonyl (C=O) groups excluding carboxylic acids is 2. The maximum atomic E-state index is 12.9. The van der Waals surface area contributed by atoms with Crippen molar-refractivity contribution in [3.8, 4) is 5.75 Å². The van der Waals surface area contributed by atoms with Crippen LogP contribution in [0, 0.1) is 0 Å². The van der Waals surface area contributed by atoms with E-state index >= 15 is 0 Å². The van der Waals surface area contributed by atoms with Gasteiger partial charge in [0.25, 0.3) is 5.91 Å². The van der Waals surface area contributed by atoms with Crippen LogP contribution in [-0.4, -0.2) is 77.8 Å². The van der Waals surface area contributed by atoms with Crippen molar-refractivity contribution < 1.29 is 14.3 Å². The molecule has 4 aromatic rings. The predicted molar refractivity (Wildman–Crippen MR) is 160 cm³/mol. The van der Waals surface area contributed by atoms with Gasteiger partial charge in [-0.05, 0) is 48.0 Å². The molecule has 2 heterocycles. The topological polar surface area (TPSA) is 114 Å². The molecule has 9 nitrogen and oxygen atoms in total. The van der Waals surface area contributed by atoms with Gasteiger partial charge < -0.3 is 20.7 Å². The highest BCUT2D eigenvalue weighted by Gasteiger charge is 2.14. The molecule has 1 fully saturated rings. The van der Waals surface area contributed by atoms with Crippen LogP contribution in [0.4, 0.5) is 5.82 Å². The van der Waals surface area contributed by atoms with Crippen molar-refractivity contribution in [2.45, 2.75) is 19.4 Å². The number of rotatable bonds is 12. The molecule has 9 heteroatoms. The van der Waals surface area contributed by atoms with Crippen molar-refractivity contribution in [3.63, 3.8) is 0 Å². The normalized spacial score (nSPS) is 14.2. The second kappa shape index (κ2) is 13.3. The fourth-order valence-electron chi connectivity index (χ4n) is 5.09. The van der Waals surface area contributed by atoms with Gasteiger partial charge in [-0.2, -0.15) is 0 Å². The van der Waals surface area contributed by atoms with Crippen LogP contribution in [0.1, 0.15) is 27.0 Å². The highest BCUT2D eigenvalue weighted by Crippen LogP contribution is 2.23. The molecule has 1 aliphatic heterocycles. The molecule has 1 amide bonds. The summed E-state index contributed by atoms with van der Waals surface area (Å²) in [6.07, 6.45) is 2.12. The van der Waals surface area contributed by atoms with E-state index in [1.807, 2.05) is 54.6 Å². The number of nitrogens with two attached hydrogens (primary N) is 1. The summed E-state index contributed by atoms with van der Waals surface area (Å²) >= 11 is 0. The molecular formula is C32H36N6O3. The molecule has 1 saturated heterocycles. The lowest BCUT2D eigenvalue weighted by Crippen LogP contribution is -2.45. The van der Waals surface area contributed by atoms with Crippen molar-refractivity contribution in [1.29, 1.82) is 0 Å². The first kappa shape index (κ1) is 28.2. The van der Waals surface area contributed by atoms with Crippen LogP contribution in [0.25, 0.3) is 10.9 Å². The maximum absolute atomic E-state index is 12.9. The largest absolute Gasteiger partial charge is 0.492 e. The van der Waals surface area contributed by atoms with Crippen molar-refractivity contribution >= 4 is 28.4 Å². The third-order valence-corrected chi connectivity index (χ3v) is 7.35. The molecule has 3 aromatic carbocycles. The number of nitrogens with zero attached hydrogens (tertiary/aromatic N) is 4. The maximum Gasteiger partial charge on any atom is 0.250 e. The minimum atomic E-state index is -0.530. The number of para-hydroxylation sites is 1. The van der Waals surface area contributed by atoms with Crippen LogP contribution in [0.5, 0.6) is 5.75 Å². The lowest BCUT2D eigenvalue weighted by atomic mass is 10.0. The van der Waals surface area contributed by atoms with Crippen LogP contribution in [0.15, 0.2) is 73.1 Å². The number of ketones is 1. The fourth-order valence-corrected chi connectivity index (χ4v) is 5.09. The third-order valence-electron chi connectivity index (χ3n) is 7.35. The summed E-state index contributed by atoms with van der Waals surface area (Å²) in [6, 6.07) is 21.1. The zero-order chi connectivity index (χ0) is 28.6. The molecule has 3 N–H and O–H groups in total. The Balaban J connectivity index is 1.14. The predicted octanol–water partition coefficient (Wildman–Crippen LogP) is 3.32. The Labute approximate surface area is 240 Å². The Morgan fingerprint density at radius 1 is 0.902 bits per heavy atom. The number of aromatic nitrogens is 2. The summed E-state index contributed by atoms with van der Waals surface area (Å²) in [5, 5.41) is 4.05. The number of carbonyl (C=O) groups is 2. The highest BCUT2D eigenvalue weighted by atomic mass is 16.5. The minimum absolute atomic E-state index is 0.144. The Kier molecular flexibility index (Phi) is 9.18. The number of piperazine rings is 1. The summed E-state index contributed by atoms with van der Waals surface area (Å²) < 4.78 is 5.99. The molecular weight excluding hydrogens is 516 g/mol. The van der Waals surface area contributed by atoms with E-state index in [1.54, 1.807) is 12.1 Å². The summed E-state index contributed by atoms with van der Waals surface area (Å²) in [4.78, 5) is 38.1. The van der Waals surface area contributed by atoms with Gasteiger partial charge in [-0.1, -0.05) is 42.5 Å². The number of nitrogens with one attached hydrogen (secondary N) is 1. The summed E-state index contributed by atoms with van der Waals surface area (Å²) in [5.41, 5.74) is 9.30. The first-order chi connectivity index (χ1) is 19.9. The van der Waals surface area contributed by atoms with Crippen LogP contribution in [0.2, 0.25) is 0 Å².